The van der Waals surface area contributed by atoms with E-state index in [1.54, 1.807) is 6.07 Å². The van der Waals surface area contributed by atoms with Crippen LogP contribution in [-0.4, -0.2) is 21.4 Å². The van der Waals surface area contributed by atoms with Gasteiger partial charge in [0, 0.05) is 6.54 Å². The second-order valence-corrected chi connectivity index (χ2v) is 4.52. The Hall–Kier alpha value is -2.70. The van der Waals surface area contributed by atoms with Crippen molar-refractivity contribution in [3.63, 3.8) is 0 Å². The van der Waals surface area contributed by atoms with Gasteiger partial charge in [-0.1, -0.05) is 6.07 Å². The van der Waals surface area contributed by atoms with E-state index in [2.05, 4.69) is 15.3 Å². The molecule has 2 aromatic rings. The summed E-state index contributed by atoms with van der Waals surface area (Å²) in [4.78, 5) is 18.4. The second-order valence-electron chi connectivity index (χ2n) is 4.52. The van der Waals surface area contributed by atoms with E-state index in [1.165, 1.54) is 0 Å². The number of nitrogens with zero attached hydrogens (tertiary/aromatic N) is 3. The summed E-state index contributed by atoms with van der Waals surface area (Å²) in [5.74, 6) is 0.721. The van der Waals surface area contributed by atoms with Crippen LogP contribution in [0.3, 0.4) is 0 Å². The molecule has 0 bridgehead atoms. The first-order valence-electron chi connectivity index (χ1n) is 6.51. The molecule has 0 amide bonds. The first-order valence-corrected chi connectivity index (χ1v) is 6.51. The van der Waals surface area contributed by atoms with Gasteiger partial charge in [0.2, 0.25) is 5.95 Å². The highest BCUT2D eigenvalue weighted by atomic mass is 16.6. The number of hydrogen-bond donors (Lipinski definition) is 1. The minimum Gasteiger partial charge on any atom is -0.434 e. The lowest BCUT2D eigenvalue weighted by Gasteiger charge is -2.08. The summed E-state index contributed by atoms with van der Waals surface area (Å²) in [6.45, 7) is 6.42. The molecule has 0 fully saturated rings. The van der Waals surface area contributed by atoms with Crippen molar-refractivity contribution < 1.29 is 9.66 Å². The molecule has 110 valence electrons. The quantitative estimate of drug-likeness (QED) is 0.671. The van der Waals surface area contributed by atoms with Crippen LogP contribution < -0.4 is 10.1 Å². The molecule has 0 saturated carbocycles. The average Bonchev–Trinajstić information content (AvgIpc) is 2.43. The third-order valence-corrected chi connectivity index (χ3v) is 2.96. The Morgan fingerprint density at radius 3 is 2.71 bits per heavy atom. The van der Waals surface area contributed by atoms with Crippen LogP contribution in [0.5, 0.6) is 11.6 Å². The fourth-order valence-corrected chi connectivity index (χ4v) is 1.69. The molecule has 0 aliphatic heterocycles. The smallest absolute Gasteiger partial charge is 0.349 e. The predicted molar refractivity (Wildman–Crippen MR) is 78.8 cm³/mol. The van der Waals surface area contributed by atoms with E-state index in [-0.39, 0.29) is 11.6 Å². The summed E-state index contributed by atoms with van der Waals surface area (Å²) >= 11 is 0. The van der Waals surface area contributed by atoms with E-state index in [9.17, 15) is 10.1 Å². The number of aromatic nitrogens is 2. The number of ether oxygens (including phenoxy) is 1. The number of aryl methyl sites for hydroxylation is 2. The van der Waals surface area contributed by atoms with E-state index in [1.807, 2.05) is 32.9 Å². The van der Waals surface area contributed by atoms with Gasteiger partial charge in [-0.25, -0.2) is 4.98 Å². The Kier molecular flexibility index (Phi) is 4.32. The normalized spacial score (nSPS) is 10.2. The summed E-state index contributed by atoms with van der Waals surface area (Å²) in [5.41, 5.74) is 1.89. The standard InChI is InChI=1S/C14H16N4O3/c1-4-15-14-16-8-12(18(19)20)13(17-14)21-11-6-5-9(2)10(3)7-11/h5-8H,4H2,1-3H3,(H,15,16,17). The molecule has 0 saturated heterocycles. The fraction of sp³-hybridized carbons (Fsp3) is 0.286. The molecule has 1 aromatic carbocycles. The molecule has 1 heterocycles. The molecular weight excluding hydrogens is 272 g/mol. The van der Waals surface area contributed by atoms with Crippen LogP contribution in [0.1, 0.15) is 18.1 Å². The number of anilines is 1. The zero-order valence-electron chi connectivity index (χ0n) is 12.1. The van der Waals surface area contributed by atoms with Gasteiger partial charge >= 0.3 is 11.6 Å². The van der Waals surface area contributed by atoms with Crippen molar-refractivity contribution in [2.45, 2.75) is 20.8 Å². The van der Waals surface area contributed by atoms with Gasteiger partial charge in [-0.05, 0) is 44.0 Å². The molecule has 21 heavy (non-hydrogen) atoms. The van der Waals surface area contributed by atoms with Crippen molar-refractivity contribution in [2.75, 3.05) is 11.9 Å². The fourth-order valence-electron chi connectivity index (χ4n) is 1.69. The lowest BCUT2D eigenvalue weighted by atomic mass is 10.1. The van der Waals surface area contributed by atoms with Crippen LogP contribution in [0.25, 0.3) is 0 Å². The topological polar surface area (TPSA) is 90.2 Å². The van der Waals surface area contributed by atoms with Crippen LogP contribution in [0, 0.1) is 24.0 Å². The molecule has 1 N–H and O–H groups in total. The van der Waals surface area contributed by atoms with Gasteiger partial charge in [0.15, 0.2) is 0 Å². The SMILES string of the molecule is CCNc1ncc([N+](=O)[O-])c(Oc2ccc(C)c(C)c2)n1. The van der Waals surface area contributed by atoms with Gasteiger partial charge < -0.3 is 10.1 Å². The largest absolute Gasteiger partial charge is 0.434 e. The molecule has 0 atom stereocenters. The van der Waals surface area contributed by atoms with E-state index in [4.69, 9.17) is 4.74 Å². The van der Waals surface area contributed by atoms with E-state index in [0.717, 1.165) is 17.3 Å². The maximum Gasteiger partial charge on any atom is 0.349 e. The summed E-state index contributed by atoms with van der Waals surface area (Å²) < 4.78 is 5.56. The van der Waals surface area contributed by atoms with E-state index in [0.29, 0.717) is 18.2 Å². The number of nitrogens with one attached hydrogen (secondary N) is 1. The first kappa shape index (κ1) is 14.7. The maximum atomic E-state index is 11.0. The maximum absolute atomic E-state index is 11.0. The minimum absolute atomic E-state index is 0.0748. The van der Waals surface area contributed by atoms with Crippen LogP contribution in [0.2, 0.25) is 0 Å². The van der Waals surface area contributed by atoms with Crippen LogP contribution in [0.15, 0.2) is 24.4 Å². The van der Waals surface area contributed by atoms with Gasteiger partial charge in [0.05, 0.1) is 4.92 Å². The highest BCUT2D eigenvalue weighted by Gasteiger charge is 2.19. The van der Waals surface area contributed by atoms with E-state index < -0.39 is 4.92 Å². The van der Waals surface area contributed by atoms with Crippen LogP contribution >= 0.6 is 0 Å². The van der Waals surface area contributed by atoms with Crippen molar-refractivity contribution in [1.82, 2.24) is 9.97 Å². The van der Waals surface area contributed by atoms with Gasteiger partial charge in [-0.3, -0.25) is 10.1 Å². The van der Waals surface area contributed by atoms with Crippen molar-refractivity contribution in [3.8, 4) is 11.6 Å². The van der Waals surface area contributed by atoms with Crippen LogP contribution in [-0.2, 0) is 0 Å². The highest BCUT2D eigenvalue weighted by Crippen LogP contribution is 2.30. The molecule has 7 nitrogen and oxygen atoms in total. The van der Waals surface area contributed by atoms with Gasteiger partial charge in [0.1, 0.15) is 11.9 Å². The molecular formula is C14H16N4O3. The summed E-state index contributed by atoms with van der Waals surface area (Å²) in [6.07, 6.45) is 1.14. The number of rotatable bonds is 5. The molecule has 2 rings (SSSR count). The lowest BCUT2D eigenvalue weighted by molar-refractivity contribution is -0.386. The van der Waals surface area contributed by atoms with Crippen LogP contribution in [0.4, 0.5) is 11.6 Å². The Balaban J connectivity index is 2.37. The number of benzene rings is 1. The van der Waals surface area contributed by atoms with Crippen molar-refractivity contribution in [3.05, 3.63) is 45.6 Å². The van der Waals surface area contributed by atoms with E-state index >= 15 is 0 Å². The Morgan fingerprint density at radius 2 is 2.10 bits per heavy atom. The Labute approximate surface area is 122 Å². The molecule has 0 aliphatic rings. The molecule has 7 heteroatoms. The summed E-state index contributed by atoms with van der Waals surface area (Å²) in [6, 6.07) is 5.46. The lowest BCUT2D eigenvalue weighted by Crippen LogP contribution is -2.05. The predicted octanol–water partition coefficient (Wildman–Crippen LogP) is 3.23. The average molecular weight is 288 g/mol. The number of hydrogen-bond acceptors (Lipinski definition) is 6. The van der Waals surface area contributed by atoms with Crippen molar-refractivity contribution >= 4 is 11.6 Å². The molecule has 0 unspecified atom stereocenters. The van der Waals surface area contributed by atoms with Gasteiger partial charge in [0.25, 0.3) is 0 Å². The van der Waals surface area contributed by atoms with Gasteiger partial charge in [-0.15, -0.1) is 0 Å². The molecule has 0 radical (unpaired) electrons. The minimum atomic E-state index is -0.563. The van der Waals surface area contributed by atoms with Gasteiger partial charge in [-0.2, -0.15) is 4.98 Å². The second kappa shape index (κ2) is 6.17. The Morgan fingerprint density at radius 1 is 1.33 bits per heavy atom. The van der Waals surface area contributed by atoms with Crippen molar-refractivity contribution in [1.29, 1.82) is 0 Å². The monoisotopic (exact) mass is 288 g/mol. The molecule has 1 aromatic heterocycles. The number of nitro groups is 1. The van der Waals surface area contributed by atoms with Crippen molar-refractivity contribution in [2.24, 2.45) is 0 Å². The zero-order chi connectivity index (χ0) is 15.4. The third-order valence-electron chi connectivity index (χ3n) is 2.96. The zero-order valence-corrected chi connectivity index (χ0v) is 12.1. The summed E-state index contributed by atoms with van der Waals surface area (Å²) in [7, 11) is 0. The summed E-state index contributed by atoms with van der Waals surface area (Å²) in [5, 5.41) is 13.9. The molecule has 0 aliphatic carbocycles. The highest BCUT2D eigenvalue weighted by molar-refractivity contribution is 5.46. The molecule has 0 spiro atoms. The third kappa shape index (κ3) is 3.44. The Bertz CT molecular complexity index is 673. The first-order chi connectivity index (χ1) is 10.0.